The molecule has 2 unspecified atom stereocenters. The van der Waals surface area contributed by atoms with Crippen LogP contribution in [0.3, 0.4) is 0 Å². The third-order valence-electron chi connectivity index (χ3n) is 2.38. The Morgan fingerprint density at radius 1 is 1.41 bits per heavy atom. The van der Waals surface area contributed by atoms with Crippen molar-refractivity contribution in [3.63, 3.8) is 0 Å². The summed E-state index contributed by atoms with van der Waals surface area (Å²) in [5.74, 6) is -0.306. The number of Topliss-reactive ketones (excluding diaryl/α,β-unsaturated/α-hetero) is 1. The summed E-state index contributed by atoms with van der Waals surface area (Å²) < 4.78 is 29.2. The SMILES string of the molecule is COCCS(=O)C(C)C(=O)c1ccc(F)cc1. The minimum absolute atomic E-state index is 0.237. The summed E-state index contributed by atoms with van der Waals surface area (Å²) in [6, 6.07) is 5.25. The van der Waals surface area contributed by atoms with Gasteiger partial charge in [-0.05, 0) is 31.2 Å². The first-order valence-electron chi connectivity index (χ1n) is 5.22. The van der Waals surface area contributed by atoms with Gasteiger partial charge in [-0.2, -0.15) is 0 Å². The van der Waals surface area contributed by atoms with E-state index in [1.165, 1.54) is 31.4 Å². The molecule has 0 fully saturated rings. The van der Waals surface area contributed by atoms with E-state index in [2.05, 4.69) is 0 Å². The molecule has 94 valence electrons. The van der Waals surface area contributed by atoms with Gasteiger partial charge in [-0.25, -0.2) is 4.39 Å². The molecular formula is C12H15FO3S. The quantitative estimate of drug-likeness (QED) is 0.731. The lowest BCUT2D eigenvalue weighted by Gasteiger charge is -2.10. The number of carbonyl (C=O) groups is 1. The van der Waals surface area contributed by atoms with Crippen LogP contribution in [-0.2, 0) is 15.5 Å². The maximum atomic E-state index is 12.7. The van der Waals surface area contributed by atoms with Crippen molar-refractivity contribution in [1.29, 1.82) is 0 Å². The monoisotopic (exact) mass is 258 g/mol. The Morgan fingerprint density at radius 2 is 2.00 bits per heavy atom. The van der Waals surface area contributed by atoms with Crippen molar-refractivity contribution in [3.8, 4) is 0 Å². The molecule has 0 amide bonds. The fourth-order valence-corrected chi connectivity index (χ4v) is 2.37. The van der Waals surface area contributed by atoms with E-state index < -0.39 is 21.9 Å². The second-order valence-corrected chi connectivity index (χ2v) is 5.47. The van der Waals surface area contributed by atoms with Crippen LogP contribution in [-0.4, -0.2) is 34.7 Å². The van der Waals surface area contributed by atoms with Crippen LogP contribution < -0.4 is 0 Å². The Hall–Kier alpha value is -1.07. The van der Waals surface area contributed by atoms with E-state index in [1.807, 2.05) is 0 Å². The molecule has 0 aliphatic carbocycles. The van der Waals surface area contributed by atoms with Crippen molar-refractivity contribution < 1.29 is 18.1 Å². The molecule has 0 aliphatic heterocycles. The highest BCUT2D eigenvalue weighted by Crippen LogP contribution is 2.09. The number of carbonyl (C=O) groups excluding carboxylic acids is 1. The molecule has 0 spiro atoms. The smallest absolute Gasteiger partial charge is 0.178 e. The van der Waals surface area contributed by atoms with Crippen molar-refractivity contribution in [2.75, 3.05) is 19.5 Å². The van der Waals surface area contributed by atoms with Gasteiger partial charge in [0.05, 0.1) is 11.9 Å². The summed E-state index contributed by atoms with van der Waals surface area (Å²) in [6.45, 7) is 1.96. The molecule has 2 atom stereocenters. The Bertz CT molecular complexity index is 403. The van der Waals surface area contributed by atoms with Gasteiger partial charge in [-0.3, -0.25) is 9.00 Å². The van der Waals surface area contributed by atoms with Crippen molar-refractivity contribution in [2.45, 2.75) is 12.2 Å². The number of ether oxygens (including phenoxy) is 1. The molecule has 0 radical (unpaired) electrons. The van der Waals surface area contributed by atoms with Crippen LogP contribution in [0.15, 0.2) is 24.3 Å². The van der Waals surface area contributed by atoms with E-state index >= 15 is 0 Å². The molecule has 1 aromatic carbocycles. The number of benzene rings is 1. The molecule has 17 heavy (non-hydrogen) atoms. The predicted molar refractivity (Wildman–Crippen MR) is 65.1 cm³/mol. The fourth-order valence-electron chi connectivity index (χ4n) is 1.31. The van der Waals surface area contributed by atoms with Gasteiger partial charge in [-0.1, -0.05) is 0 Å². The van der Waals surface area contributed by atoms with E-state index in [9.17, 15) is 13.4 Å². The molecule has 0 saturated carbocycles. The topological polar surface area (TPSA) is 43.4 Å². The van der Waals surface area contributed by atoms with Gasteiger partial charge in [0.2, 0.25) is 0 Å². The van der Waals surface area contributed by atoms with Crippen molar-refractivity contribution in [2.24, 2.45) is 0 Å². The van der Waals surface area contributed by atoms with E-state index in [1.54, 1.807) is 6.92 Å². The van der Waals surface area contributed by atoms with E-state index in [-0.39, 0.29) is 5.78 Å². The van der Waals surface area contributed by atoms with Crippen LogP contribution >= 0.6 is 0 Å². The maximum Gasteiger partial charge on any atom is 0.178 e. The van der Waals surface area contributed by atoms with Crippen LogP contribution in [0, 0.1) is 5.82 Å². The average molecular weight is 258 g/mol. The highest BCUT2D eigenvalue weighted by molar-refractivity contribution is 7.86. The highest BCUT2D eigenvalue weighted by atomic mass is 32.2. The number of ketones is 1. The summed E-state index contributed by atoms with van der Waals surface area (Å²) in [7, 11) is 0.249. The summed E-state index contributed by atoms with van der Waals surface area (Å²) >= 11 is 0. The van der Waals surface area contributed by atoms with Gasteiger partial charge in [0.25, 0.3) is 0 Å². The lowest BCUT2D eigenvalue weighted by atomic mass is 10.1. The maximum absolute atomic E-state index is 12.7. The standard InChI is InChI=1S/C12H15FO3S/c1-9(17(15)8-7-16-2)12(14)10-3-5-11(13)6-4-10/h3-6,9H,7-8H2,1-2H3. The second kappa shape index (κ2) is 6.61. The molecule has 0 aliphatic rings. The predicted octanol–water partition coefficient (Wildman–Crippen LogP) is 1.79. The van der Waals surface area contributed by atoms with Gasteiger partial charge in [0, 0.05) is 29.2 Å². The molecule has 1 rings (SSSR count). The summed E-state index contributed by atoms with van der Waals surface area (Å²) in [6.07, 6.45) is 0. The summed E-state index contributed by atoms with van der Waals surface area (Å²) in [4.78, 5) is 11.9. The van der Waals surface area contributed by atoms with Crippen molar-refractivity contribution in [3.05, 3.63) is 35.6 Å². The third kappa shape index (κ3) is 4.02. The van der Waals surface area contributed by atoms with Gasteiger partial charge in [0.1, 0.15) is 5.82 Å². The molecule has 3 nitrogen and oxygen atoms in total. The summed E-state index contributed by atoms with van der Waals surface area (Å²) in [5.41, 5.74) is 0.379. The summed E-state index contributed by atoms with van der Waals surface area (Å²) in [5, 5.41) is -0.601. The first kappa shape index (κ1) is 14.0. The lowest BCUT2D eigenvalue weighted by Crippen LogP contribution is -2.25. The van der Waals surface area contributed by atoms with Crippen LogP contribution in [0.4, 0.5) is 4.39 Å². The van der Waals surface area contributed by atoms with Gasteiger partial charge < -0.3 is 4.74 Å². The van der Waals surface area contributed by atoms with Crippen LogP contribution in [0.1, 0.15) is 17.3 Å². The number of hydrogen-bond donors (Lipinski definition) is 0. The molecule has 0 aromatic heterocycles. The molecule has 0 saturated heterocycles. The zero-order valence-electron chi connectivity index (χ0n) is 9.81. The Balaban J connectivity index is 2.69. The second-order valence-electron chi connectivity index (χ2n) is 3.59. The van der Waals surface area contributed by atoms with E-state index in [4.69, 9.17) is 4.74 Å². The third-order valence-corrected chi connectivity index (χ3v) is 3.95. The molecule has 1 aromatic rings. The van der Waals surface area contributed by atoms with Crippen LogP contribution in [0.25, 0.3) is 0 Å². The number of methoxy groups -OCH3 is 1. The highest BCUT2D eigenvalue weighted by Gasteiger charge is 2.20. The molecule has 0 heterocycles. The average Bonchev–Trinajstić information content (AvgIpc) is 2.35. The Kier molecular flexibility index (Phi) is 5.44. The number of hydrogen-bond acceptors (Lipinski definition) is 3. The van der Waals surface area contributed by atoms with E-state index in [0.29, 0.717) is 17.9 Å². The number of halogens is 1. The largest absolute Gasteiger partial charge is 0.384 e. The number of rotatable bonds is 6. The lowest BCUT2D eigenvalue weighted by molar-refractivity contribution is 0.0992. The Morgan fingerprint density at radius 3 is 2.53 bits per heavy atom. The zero-order chi connectivity index (χ0) is 12.8. The van der Waals surface area contributed by atoms with Gasteiger partial charge in [0.15, 0.2) is 5.78 Å². The Labute approximate surface area is 102 Å². The first-order chi connectivity index (χ1) is 8.06. The van der Waals surface area contributed by atoms with E-state index in [0.717, 1.165) is 0 Å². The van der Waals surface area contributed by atoms with Gasteiger partial charge in [-0.15, -0.1) is 0 Å². The zero-order valence-corrected chi connectivity index (χ0v) is 10.6. The molecular weight excluding hydrogens is 243 g/mol. The molecule has 0 N–H and O–H groups in total. The normalized spacial score (nSPS) is 14.3. The van der Waals surface area contributed by atoms with Crippen LogP contribution in [0.5, 0.6) is 0 Å². The van der Waals surface area contributed by atoms with Crippen molar-refractivity contribution >= 4 is 16.6 Å². The first-order valence-corrected chi connectivity index (χ1v) is 6.60. The minimum atomic E-state index is -1.27. The van der Waals surface area contributed by atoms with Crippen LogP contribution in [0.2, 0.25) is 0 Å². The molecule has 0 bridgehead atoms. The fraction of sp³-hybridized carbons (Fsp3) is 0.417. The van der Waals surface area contributed by atoms with Gasteiger partial charge >= 0.3 is 0 Å². The van der Waals surface area contributed by atoms with Crippen molar-refractivity contribution in [1.82, 2.24) is 0 Å². The molecule has 5 heteroatoms. The minimum Gasteiger partial charge on any atom is -0.384 e.